The van der Waals surface area contributed by atoms with Gasteiger partial charge in [-0.05, 0) is 48.5 Å². The van der Waals surface area contributed by atoms with Crippen molar-refractivity contribution >= 4 is 33.7 Å². The minimum absolute atomic E-state index is 0.0198. The van der Waals surface area contributed by atoms with E-state index in [0.29, 0.717) is 30.3 Å². The van der Waals surface area contributed by atoms with Gasteiger partial charge in [-0.2, -0.15) is 0 Å². The molecule has 2 aliphatic rings. The molecule has 1 fully saturated rings. The third kappa shape index (κ3) is 3.19. The van der Waals surface area contributed by atoms with Gasteiger partial charge in [-0.25, -0.2) is 26.9 Å². The van der Waals surface area contributed by atoms with Gasteiger partial charge in [0.05, 0.1) is 6.20 Å². The average molecular weight is 431 g/mol. The Morgan fingerprint density at radius 1 is 1.27 bits per heavy atom. The van der Waals surface area contributed by atoms with Crippen LogP contribution in [0.5, 0.6) is 5.75 Å². The second kappa shape index (κ2) is 6.90. The van der Waals surface area contributed by atoms with E-state index >= 15 is 0 Å². The number of benzene rings is 1. The van der Waals surface area contributed by atoms with Crippen molar-refractivity contribution in [1.82, 2.24) is 14.7 Å². The first-order valence-electron chi connectivity index (χ1n) is 9.32. The van der Waals surface area contributed by atoms with Gasteiger partial charge < -0.3 is 14.7 Å². The molecule has 30 heavy (non-hydrogen) atoms. The summed E-state index contributed by atoms with van der Waals surface area (Å²) in [6.07, 6.45) is 4.23. The van der Waals surface area contributed by atoms with Gasteiger partial charge in [0.25, 0.3) is 0 Å². The third-order valence-corrected chi connectivity index (χ3v) is 7.05. The van der Waals surface area contributed by atoms with E-state index in [1.807, 2.05) is 6.07 Å². The van der Waals surface area contributed by atoms with Gasteiger partial charge in [0, 0.05) is 29.3 Å². The van der Waals surface area contributed by atoms with Crippen LogP contribution in [0.2, 0.25) is 0 Å². The van der Waals surface area contributed by atoms with E-state index in [1.165, 1.54) is 0 Å². The molecule has 0 saturated heterocycles. The quantitative estimate of drug-likeness (QED) is 0.551. The largest absolute Gasteiger partial charge is 0.552 e. The molecule has 1 aliphatic heterocycles. The number of hydrogen-bond acceptors (Lipinski definition) is 5. The molecule has 0 amide bonds. The number of halogens is 2. The van der Waals surface area contributed by atoms with Crippen molar-refractivity contribution in [2.75, 3.05) is 0 Å². The fraction of sp³-hybridized carbons (Fsp3) is 0.211. The van der Waals surface area contributed by atoms with E-state index in [9.17, 15) is 22.2 Å². The number of aromatic amines is 1. The molecule has 154 valence electrons. The van der Waals surface area contributed by atoms with Crippen LogP contribution in [0.25, 0.3) is 16.6 Å². The molecular formula is C19H16BF2N3O4S. The number of hydrogen-bond donors (Lipinski definition) is 3. The molecule has 0 atom stereocenters. The Bertz CT molecular complexity index is 1290. The van der Waals surface area contributed by atoms with Gasteiger partial charge in [-0.1, -0.05) is 0 Å². The maximum Gasteiger partial charge on any atom is 0.552 e. The molecule has 0 bridgehead atoms. The van der Waals surface area contributed by atoms with Crippen LogP contribution < -0.4 is 9.38 Å². The number of fused-ring (bicyclic) bond motifs is 3. The first-order chi connectivity index (χ1) is 14.3. The van der Waals surface area contributed by atoms with Gasteiger partial charge >= 0.3 is 7.12 Å². The predicted octanol–water partition coefficient (Wildman–Crippen LogP) is 2.39. The van der Waals surface area contributed by atoms with Crippen LogP contribution in [0.1, 0.15) is 18.4 Å². The number of allylic oxidation sites excluding steroid dienone is 1. The summed E-state index contributed by atoms with van der Waals surface area (Å²) in [6, 6.07) is 3.82. The minimum Gasteiger partial charge on any atom is -0.531 e. The average Bonchev–Trinajstić information content (AvgIpc) is 3.12. The van der Waals surface area contributed by atoms with Gasteiger partial charge in [-0.15, -0.1) is 0 Å². The predicted molar refractivity (Wildman–Crippen MR) is 106 cm³/mol. The summed E-state index contributed by atoms with van der Waals surface area (Å²) >= 11 is 0. The van der Waals surface area contributed by atoms with Crippen LogP contribution in [-0.2, 0) is 10.0 Å². The third-order valence-electron chi connectivity index (χ3n) is 5.49. The van der Waals surface area contributed by atoms with E-state index < -0.39 is 39.7 Å². The lowest BCUT2D eigenvalue weighted by atomic mass is 9.68. The smallest absolute Gasteiger partial charge is 0.531 e. The maximum absolute atomic E-state index is 13.9. The molecule has 3 heterocycles. The number of H-pyrrole nitrogens is 1. The SMILES string of the molecule is O=S(=O)(N[C@H]1C[C@@H](C2=CB(O)Oc3cnc4[nH]ccc4c32)C1)c1ccc(F)cc1F. The van der Waals surface area contributed by atoms with Crippen LogP contribution in [0.3, 0.4) is 0 Å². The molecule has 0 radical (unpaired) electrons. The summed E-state index contributed by atoms with van der Waals surface area (Å²) in [5.41, 5.74) is 2.37. The van der Waals surface area contributed by atoms with Crippen molar-refractivity contribution in [2.24, 2.45) is 5.92 Å². The maximum atomic E-state index is 13.9. The van der Waals surface area contributed by atoms with Crippen LogP contribution in [-0.4, -0.2) is 36.6 Å². The Hall–Kier alpha value is -2.76. The van der Waals surface area contributed by atoms with Gasteiger partial charge in [0.15, 0.2) is 0 Å². The molecule has 7 nitrogen and oxygen atoms in total. The summed E-state index contributed by atoms with van der Waals surface area (Å²) < 4.78 is 59.9. The van der Waals surface area contributed by atoms with Crippen LogP contribution in [0, 0.1) is 17.6 Å². The van der Waals surface area contributed by atoms with E-state index in [4.69, 9.17) is 4.65 Å². The molecular weight excluding hydrogens is 415 g/mol. The molecule has 0 unspecified atom stereocenters. The van der Waals surface area contributed by atoms with E-state index in [2.05, 4.69) is 14.7 Å². The van der Waals surface area contributed by atoms with Crippen molar-refractivity contribution in [1.29, 1.82) is 0 Å². The Morgan fingerprint density at radius 3 is 2.83 bits per heavy atom. The summed E-state index contributed by atoms with van der Waals surface area (Å²) in [4.78, 5) is 6.71. The van der Waals surface area contributed by atoms with Crippen LogP contribution >= 0.6 is 0 Å². The fourth-order valence-electron chi connectivity index (χ4n) is 4.06. The summed E-state index contributed by atoms with van der Waals surface area (Å²) in [5.74, 6) is 0.0801. The van der Waals surface area contributed by atoms with Gasteiger partial charge in [0.2, 0.25) is 10.0 Å². The minimum atomic E-state index is -4.12. The zero-order chi connectivity index (χ0) is 21.0. The fourth-order valence-corrected chi connectivity index (χ4v) is 5.38. The standard InChI is InChI=1S/C19H16BF2N3O4S/c21-11-1-2-17(15(22)7-11)30(27,28)25-12-5-10(6-12)14-8-20(26)29-16-9-24-19-13(18(14)16)3-4-23-19/h1-4,7-10,12,25-26H,5-6H2,(H,23,24)/t10-,12+. The lowest BCUT2D eigenvalue weighted by molar-refractivity contribution is 0.308. The molecule has 3 aromatic rings. The van der Waals surface area contributed by atoms with Crippen molar-refractivity contribution in [2.45, 2.75) is 23.8 Å². The zero-order valence-corrected chi connectivity index (χ0v) is 16.3. The monoisotopic (exact) mass is 431 g/mol. The zero-order valence-electron chi connectivity index (χ0n) is 15.5. The normalized spacial score (nSPS) is 21.0. The van der Waals surface area contributed by atoms with Crippen LogP contribution in [0.4, 0.5) is 8.78 Å². The highest BCUT2D eigenvalue weighted by Crippen LogP contribution is 2.46. The van der Waals surface area contributed by atoms with Crippen molar-refractivity contribution < 1.29 is 26.9 Å². The van der Waals surface area contributed by atoms with Crippen molar-refractivity contribution in [3.8, 4) is 5.75 Å². The van der Waals surface area contributed by atoms with E-state index in [-0.39, 0.29) is 5.92 Å². The lowest BCUT2D eigenvalue weighted by Gasteiger charge is -2.39. The summed E-state index contributed by atoms with van der Waals surface area (Å²) in [5, 5.41) is 10.9. The number of aromatic nitrogens is 2. The van der Waals surface area contributed by atoms with Crippen molar-refractivity contribution in [3.63, 3.8) is 0 Å². The number of pyridine rings is 1. The number of nitrogens with zero attached hydrogens (tertiary/aromatic N) is 1. The van der Waals surface area contributed by atoms with Gasteiger partial charge in [0.1, 0.15) is 27.9 Å². The van der Waals surface area contributed by atoms with Gasteiger partial charge in [-0.3, -0.25) is 0 Å². The molecule has 1 saturated carbocycles. The van der Waals surface area contributed by atoms with E-state index in [0.717, 1.165) is 28.7 Å². The number of nitrogens with one attached hydrogen (secondary N) is 2. The second-order valence-corrected chi connectivity index (χ2v) is 9.11. The summed E-state index contributed by atoms with van der Waals surface area (Å²) in [7, 11) is -5.24. The number of sulfonamides is 1. The molecule has 11 heteroatoms. The van der Waals surface area contributed by atoms with E-state index in [1.54, 1.807) is 18.4 Å². The highest BCUT2D eigenvalue weighted by Gasteiger charge is 2.39. The lowest BCUT2D eigenvalue weighted by Crippen LogP contribution is -2.45. The molecule has 1 aliphatic carbocycles. The topological polar surface area (TPSA) is 104 Å². The first kappa shape index (κ1) is 19.2. The molecule has 3 N–H and O–H groups in total. The highest BCUT2D eigenvalue weighted by molar-refractivity contribution is 7.89. The molecule has 5 rings (SSSR count). The Kier molecular flexibility index (Phi) is 4.42. The summed E-state index contributed by atoms with van der Waals surface area (Å²) in [6.45, 7) is 0. The Labute approximate surface area is 171 Å². The Balaban J connectivity index is 1.37. The van der Waals surface area contributed by atoms with Crippen LogP contribution in [0.15, 0.2) is 47.5 Å². The highest BCUT2D eigenvalue weighted by atomic mass is 32.2. The second-order valence-electron chi connectivity index (χ2n) is 7.43. The molecule has 2 aromatic heterocycles. The van der Waals surface area contributed by atoms with Crippen molar-refractivity contribution in [3.05, 3.63) is 59.8 Å². The molecule has 1 aromatic carbocycles. The molecule has 0 spiro atoms. The number of rotatable bonds is 4. The first-order valence-corrected chi connectivity index (χ1v) is 10.8. The Morgan fingerprint density at radius 2 is 2.07 bits per heavy atom.